The van der Waals surface area contributed by atoms with E-state index < -0.39 is 28.5 Å². The van der Waals surface area contributed by atoms with E-state index in [4.69, 9.17) is 11.6 Å². The molecule has 0 unspecified atom stereocenters. The summed E-state index contributed by atoms with van der Waals surface area (Å²) in [5.41, 5.74) is 2.83. The molecule has 0 aliphatic heterocycles. The molecule has 3 rings (SSSR count). The predicted octanol–water partition coefficient (Wildman–Crippen LogP) is 5.73. The van der Waals surface area contributed by atoms with Gasteiger partial charge in [0.2, 0.25) is 21.8 Å². The van der Waals surface area contributed by atoms with E-state index in [9.17, 15) is 18.0 Å². The summed E-state index contributed by atoms with van der Waals surface area (Å²) in [6.07, 6.45) is 2.05. The molecule has 2 amide bonds. The number of hydrogen-bond donors (Lipinski definition) is 1. The quantitative estimate of drug-likeness (QED) is 0.272. The van der Waals surface area contributed by atoms with Crippen LogP contribution in [0.15, 0.2) is 77.3 Å². The summed E-state index contributed by atoms with van der Waals surface area (Å²) in [6.45, 7) is 5.35. The van der Waals surface area contributed by atoms with Gasteiger partial charge in [-0.15, -0.1) is 0 Å². The van der Waals surface area contributed by atoms with Crippen LogP contribution in [0.4, 0.5) is 5.69 Å². The van der Waals surface area contributed by atoms with Gasteiger partial charge in [0.05, 0.1) is 11.9 Å². The number of carbonyl (C=O) groups excluding carboxylic acids is 2. The standard InChI is InChI=1S/C30H35BrClN3O4S/c1-5-22(3)33-30(37)28(18-23-9-7-6-8-10-23)34(19-24-11-13-25(32)14-12-24)29(36)20-35(40(4,38)39)26-15-16-27(31)21(2)17-26/h6-17,22,28H,5,18-20H2,1-4H3,(H,33,37)/t22-,28-/m0/s1. The largest absolute Gasteiger partial charge is 0.352 e. The number of nitrogens with one attached hydrogen (secondary N) is 1. The maximum Gasteiger partial charge on any atom is 0.244 e. The van der Waals surface area contributed by atoms with Crippen molar-refractivity contribution >= 4 is 55.1 Å². The third-order valence-electron chi connectivity index (χ3n) is 6.65. The van der Waals surface area contributed by atoms with Gasteiger partial charge in [0, 0.05) is 28.5 Å². The summed E-state index contributed by atoms with van der Waals surface area (Å²) >= 11 is 9.53. The second-order valence-corrected chi connectivity index (χ2v) is 13.1. The maximum absolute atomic E-state index is 14.1. The van der Waals surface area contributed by atoms with Crippen LogP contribution in [0.1, 0.15) is 37.0 Å². The van der Waals surface area contributed by atoms with Crippen LogP contribution in [0.3, 0.4) is 0 Å². The van der Waals surface area contributed by atoms with Crippen molar-refractivity contribution in [2.45, 2.75) is 52.2 Å². The van der Waals surface area contributed by atoms with Crippen molar-refractivity contribution in [3.05, 3.63) is 99.0 Å². The molecular formula is C30H35BrClN3O4S. The Balaban J connectivity index is 2.06. The molecule has 214 valence electrons. The van der Waals surface area contributed by atoms with Gasteiger partial charge in [-0.3, -0.25) is 13.9 Å². The third kappa shape index (κ3) is 8.81. The van der Waals surface area contributed by atoms with Crippen molar-refractivity contribution in [1.82, 2.24) is 10.2 Å². The van der Waals surface area contributed by atoms with Crippen molar-refractivity contribution in [1.29, 1.82) is 0 Å². The molecule has 0 radical (unpaired) electrons. The average Bonchev–Trinajstić information content (AvgIpc) is 2.91. The summed E-state index contributed by atoms with van der Waals surface area (Å²) in [5, 5.41) is 3.57. The molecule has 0 saturated heterocycles. The highest BCUT2D eigenvalue weighted by Gasteiger charge is 2.33. The van der Waals surface area contributed by atoms with Gasteiger partial charge in [0.25, 0.3) is 0 Å². The lowest BCUT2D eigenvalue weighted by Crippen LogP contribution is -2.54. The Morgan fingerprint density at radius 2 is 1.65 bits per heavy atom. The molecule has 0 fully saturated rings. The second kappa shape index (κ2) is 14.1. The number of nitrogens with zero attached hydrogens (tertiary/aromatic N) is 2. The van der Waals surface area contributed by atoms with Crippen molar-refractivity contribution in [2.75, 3.05) is 17.1 Å². The fourth-order valence-corrected chi connectivity index (χ4v) is 5.39. The van der Waals surface area contributed by atoms with E-state index in [1.54, 1.807) is 42.5 Å². The van der Waals surface area contributed by atoms with Crippen LogP contribution in [-0.4, -0.2) is 50.0 Å². The highest BCUT2D eigenvalue weighted by Crippen LogP contribution is 2.25. The van der Waals surface area contributed by atoms with Gasteiger partial charge in [0.1, 0.15) is 12.6 Å². The van der Waals surface area contributed by atoms with E-state index in [1.165, 1.54) is 4.90 Å². The van der Waals surface area contributed by atoms with Gasteiger partial charge in [-0.05, 0) is 67.3 Å². The van der Waals surface area contributed by atoms with Gasteiger partial charge in [-0.25, -0.2) is 8.42 Å². The summed E-state index contributed by atoms with van der Waals surface area (Å²) in [6, 6.07) is 20.6. The van der Waals surface area contributed by atoms with E-state index in [0.29, 0.717) is 10.7 Å². The molecule has 0 bridgehead atoms. The fourth-order valence-electron chi connectivity index (χ4n) is 4.18. The molecule has 0 spiro atoms. The molecule has 7 nitrogen and oxygen atoms in total. The topological polar surface area (TPSA) is 86.8 Å². The number of aryl methyl sites for hydroxylation is 1. The molecule has 1 N–H and O–H groups in total. The lowest BCUT2D eigenvalue weighted by atomic mass is 10.0. The van der Waals surface area contributed by atoms with Crippen LogP contribution in [-0.2, 0) is 32.6 Å². The van der Waals surface area contributed by atoms with Crippen LogP contribution in [0.25, 0.3) is 0 Å². The number of rotatable bonds is 12. The Morgan fingerprint density at radius 1 is 1.00 bits per heavy atom. The van der Waals surface area contributed by atoms with Crippen LogP contribution < -0.4 is 9.62 Å². The first-order valence-electron chi connectivity index (χ1n) is 13.0. The number of sulfonamides is 1. The number of halogens is 2. The lowest BCUT2D eigenvalue weighted by molar-refractivity contribution is -0.140. The number of carbonyl (C=O) groups is 2. The SMILES string of the molecule is CC[C@H](C)NC(=O)[C@H](Cc1ccccc1)N(Cc1ccc(Cl)cc1)C(=O)CN(c1ccc(Br)c(C)c1)S(C)(=O)=O. The van der Waals surface area contributed by atoms with Crippen LogP contribution in [0.2, 0.25) is 5.02 Å². The van der Waals surface area contributed by atoms with E-state index in [0.717, 1.165) is 38.1 Å². The van der Waals surface area contributed by atoms with E-state index >= 15 is 0 Å². The van der Waals surface area contributed by atoms with Crippen molar-refractivity contribution < 1.29 is 18.0 Å². The Bertz CT molecular complexity index is 1420. The Hall–Kier alpha value is -2.88. The minimum absolute atomic E-state index is 0.0956. The Labute approximate surface area is 250 Å². The molecule has 0 aliphatic rings. The zero-order valence-electron chi connectivity index (χ0n) is 23.1. The second-order valence-electron chi connectivity index (χ2n) is 9.87. The molecule has 10 heteroatoms. The molecule has 0 heterocycles. The van der Waals surface area contributed by atoms with Crippen molar-refractivity contribution in [3.8, 4) is 0 Å². The van der Waals surface area contributed by atoms with Crippen LogP contribution >= 0.6 is 27.5 Å². The molecule has 3 aromatic rings. The maximum atomic E-state index is 14.1. The van der Waals surface area contributed by atoms with E-state index in [-0.39, 0.29) is 24.9 Å². The molecule has 2 atom stereocenters. The zero-order valence-corrected chi connectivity index (χ0v) is 26.3. The first kappa shape index (κ1) is 31.6. The fraction of sp³-hybridized carbons (Fsp3) is 0.333. The Kier molecular flexibility index (Phi) is 11.2. The van der Waals surface area contributed by atoms with Gasteiger partial charge >= 0.3 is 0 Å². The monoisotopic (exact) mass is 647 g/mol. The normalized spacial score (nSPS) is 12.8. The molecule has 0 saturated carbocycles. The number of hydrogen-bond acceptors (Lipinski definition) is 4. The molecule has 0 aliphatic carbocycles. The minimum Gasteiger partial charge on any atom is -0.352 e. The smallest absolute Gasteiger partial charge is 0.244 e. The first-order valence-corrected chi connectivity index (χ1v) is 16.0. The molecule has 40 heavy (non-hydrogen) atoms. The summed E-state index contributed by atoms with van der Waals surface area (Å²) in [4.78, 5) is 29.2. The molecule has 3 aromatic carbocycles. The lowest BCUT2D eigenvalue weighted by Gasteiger charge is -2.34. The molecular weight excluding hydrogens is 614 g/mol. The van der Waals surface area contributed by atoms with E-state index in [2.05, 4.69) is 21.2 Å². The van der Waals surface area contributed by atoms with Gasteiger partial charge < -0.3 is 10.2 Å². The van der Waals surface area contributed by atoms with Gasteiger partial charge in [-0.1, -0.05) is 76.9 Å². The van der Waals surface area contributed by atoms with Gasteiger partial charge in [-0.2, -0.15) is 0 Å². The summed E-state index contributed by atoms with van der Waals surface area (Å²) in [5.74, 6) is -0.799. The van der Waals surface area contributed by atoms with Crippen LogP contribution in [0, 0.1) is 6.92 Å². The van der Waals surface area contributed by atoms with Crippen LogP contribution in [0.5, 0.6) is 0 Å². The highest BCUT2D eigenvalue weighted by molar-refractivity contribution is 9.10. The van der Waals surface area contributed by atoms with E-state index in [1.807, 2.05) is 51.1 Å². The minimum atomic E-state index is -3.83. The van der Waals surface area contributed by atoms with Gasteiger partial charge in [0.15, 0.2) is 0 Å². The summed E-state index contributed by atoms with van der Waals surface area (Å²) < 4.78 is 27.7. The third-order valence-corrected chi connectivity index (χ3v) is 8.93. The number of anilines is 1. The van der Waals surface area contributed by atoms with Crippen molar-refractivity contribution in [3.63, 3.8) is 0 Å². The predicted molar refractivity (Wildman–Crippen MR) is 165 cm³/mol. The highest BCUT2D eigenvalue weighted by atomic mass is 79.9. The number of benzene rings is 3. The Morgan fingerprint density at radius 3 is 2.23 bits per heavy atom. The number of amides is 2. The zero-order chi connectivity index (χ0) is 29.4. The average molecular weight is 649 g/mol. The summed E-state index contributed by atoms with van der Waals surface area (Å²) in [7, 11) is -3.83. The first-order chi connectivity index (χ1) is 18.9. The van der Waals surface area contributed by atoms with Crippen molar-refractivity contribution in [2.24, 2.45) is 0 Å². The molecule has 0 aromatic heterocycles.